The number of rotatable bonds is 6. The maximum absolute atomic E-state index is 12.1. The van der Waals surface area contributed by atoms with Gasteiger partial charge in [-0.05, 0) is 28.1 Å². The van der Waals surface area contributed by atoms with E-state index < -0.39 is 10.0 Å². The highest BCUT2D eigenvalue weighted by molar-refractivity contribution is 9.11. The molecule has 0 saturated carbocycles. The summed E-state index contributed by atoms with van der Waals surface area (Å²) in [5.41, 5.74) is 0.431. The first-order valence-corrected chi connectivity index (χ1v) is 8.40. The maximum atomic E-state index is 12.1. The van der Waals surface area contributed by atoms with Gasteiger partial charge in [-0.3, -0.25) is 9.40 Å². The van der Waals surface area contributed by atoms with Crippen molar-refractivity contribution in [3.8, 4) is 0 Å². The lowest BCUT2D eigenvalue weighted by atomic mass is 10.6. The molecule has 1 N–H and O–H groups in total. The average Bonchev–Trinajstić information content (AvgIpc) is 2.95. The highest BCUT2D eigenvalue weighted by atomic mass is 79.9. The lowest BCUT2D eigenvalue weighted by molar-refractivity contribution is 0.183. The van der Waals surface area contributed by atoms with Crippen LogP contribution in [0.1, 0.15) is 0 Å². The molecule has 0 unspecified atom stereocenters. The van der Waals surface area contributed by atoms with Gasteiger partial charge in [-0.2, -0.15) is 5.10 Å². The number of methoxy groups -OCH3 is 1. The number of ether oxygens (including phenoxy) is 1. The van der Waals surface area contributed by atoms with E-state index in [0.29, 0.717) is 18.8 Å². The van der Waals surface area contributed by atoms with Crippen LogP contribution in [-0.4, -0.2) is 31.9 Å². The van der Waals surface area contributed by atoms with Crippen molar-refractivity contribution in [1.82, 2.24) is 9.78 Å². The molecule has 2 aromatic heterocycles. The molecule has 0 spiro atoms. The van der Waals surface area contributed by atoms with E-state index in [1.54, 1.807) is 30.1 Å². The van der Waals surface area contributed by atoms with Crippen molar-refractivity contribution in [2.45, 2.75) is 10.8 Å². The molecular formula is C10H12BrN3O3S2. The summed E-state index contributed by atoms with van der Waals surface area (Å²) < 4.78 is 34.2. The molecule has 19 heavy (non-hydrogen) atoms. The zero-order chi connectivity index (χ0) is 13.9. The molecule has 0 aliphatic carbocycles. The van der Waals surface area contributed by atoms with Gasteiger partial charge in [-0.15, -0.1) is 11.3 Å². The van der Waals surface area contributed by atoms with Gasteiger partial charge in [-0.25, -0.2) is 8.42 Å². The second-order valence-corrected chi connectivity index (χ2v) is 8.02. The first-order valence-electron chi connectivity index (χ1n) is 5.31. The van der Waals surface area contributed by atoms with E-state index in [2.05, 4.69) is 25.8 Å². The van der Waals surface area contributed by atoms with Gasteiger partial charge in [0.2, 0.25) is 0 Å². The smallest absolute Gasteiger partial charge is 0.271 e. The molecule has 2 aromatic rings. The van der Waals surface area contributed by atoms with Crippen LogP contribution in [0.2, 0.25) is 0 Å². The lowest BCUT2D eigenvalue weighted by Crippen LogP contribution is -2.11. The zero-order valence-electron chi connectivity index (χ0n) is 10.0. The minimum Gasteiger partial charge on any atom is -0.383 e. The molecule has 0 fully saturated rings. The number of sulfonamides is 1. The van der Waals surface area contributed by atoms with Crippen LogP contribution in [0.4, 0.5) is 5.69 Å². The van der Waals surface area contributed by atoms with Gasteiger partial charge in [0.05, 0.1) is 28.8 Å². The lowest BCUT2D eigenvalue weighted by Gasteiger charge is -2.02. The van der Waals surface area contributed by atoms with E-state index in [9.17, 15) is 8.42 Å². The summed E-state index contributed by atoms with van der Waals surface area (Å²) in [6, 6.07) is 3.24. The number of aromatic nitrogens is 2. The summed E-state index contributed by atoms with van der Waals surface area (Å²) in [4.78, 5) is 0. The number of anilines is 1. The van der Waals surface area contributed by atoms with Crippen LogP contribution in [-0.2, 0) is 21.3 Å². The van der Waals surface area contributed by atoms with E-state index in [1.165, 1.54) is 6.20 Å². The molecule has 2 heterocycles. The number of halogens is 1. The quantitative estimate of drug-likeness (QED) is 0.850. The Balaban J connectivity index is 2.10. The van der Waals surface area contributed by atoms with Crippen molar-refractivity contribution >= 4 is 43.0 Å². The number of thiophene rings is 1. The van der Waals surface area contributed by atoms with Crippen LogP contribution in [0.3, 0.4) is 0 Å². The summed E-state index contributed by atoms with van der Waals surface area (Å²) >= 11 is 4.39. The number of hydrogen-bond acceptors (Lipinski definition) is 5. The predicted molar refractivity (Wildman–Crippen MR) is 76.9 cm³/mol. The van der Waals surface area contributed by atoms with E-state index >= 15 is 0 Å². The second kappa shape index (κ2) is 6.04. The predicted octanol–water partition coefficient (Wildman–Crippen LogP) is 2.15. The Morgan fingerprint density at radius 1 is 1.53 bits per heavy atom. The first kappa shape index (κ1) is 14.5. The van der Waals surface area contributed by atoms with Crippen molar-refractivity contribution in [3.63, 3.8) is 0 Å². The minimum atomic E-state index is -3.55. The number of nitrogens with zero attached hydrogens (tertiary/aromatic N) is 2. The molecule has 0 radical (unpaired) electrons. The van der Waals surface area contributed by atoms with Crippen LogP contribution < -0.4 is 4.72 Å². The Labute approximate surface area is 123 Å². The Hall–Kier alpha value is -0.900. The minimum absolute atomic E-state index is 0.254. The summed E-state index contributed by atoms with van der Waals surface area (Å²) in [6.45, 7) is 1.09. The summed E-state index contributed by atoms with van der Waals surface area (Å²) in [7, 11) is -1.95. The van der Waals surface area contributed by atoms with Crippen LogP contribution in [0.5, 0.6) is 0 Å². The van der Waals surface area contributed by atoms with Crippen LogP contribution in [0.15, 0.2) is 32.5 Å². The van der Waals surface area contributed by atoms with Crippen molar-refractivity contribution in [1.29, 1.82) is 0 Å². The topological polar surface area (TPSA) is 73.2 Å². The van der Waals surface area contributed by atoms with Crippen LogP contribution >= 0.6 is 27.3 Å². The van der Waals surface area contributed by atoms with Crippen molar-refractivity contribution in [3.05, 3.63) is 28.3 Å². The normalized spacial score (nSPS) is 11.7. The van der Waals surface area contributed by atoms with Crippen LogP contribution in [0.25, 0.3) is 0 Å². The van der Waals surface area contributed by atoms with Gasteiger partial charge in [0, 0.05) is 13.3 Å². The third-order valence-corrected chi connectivity index (χ3v) is 5.72. The molecule has 2 rings (SSSR count). The Kier molecular flexibility index (Phi) is 4.61. The van der Waals surface area contributed by atoms with Gasteiger partial charge in [-0.1, -0.05) is 0 Å². The maximum Gasteiger partial charge on any atom is 0.271 e. The monoisotopic (exact) mass is 365 g/mol. The fourth-order valence-electron chi connectivity index (χ4n) is 1.37. The zero-order valence-corrected chi connectivity index (χ0v) is 13.3. The molecule has 104 valence electrons. The van der Waals surface area contributed by atoms with E-state index in [0.717, 1.165) is 15.1 Å². The van der Waals surface area contributed by atoms with Crippen molar-refractivity contribution in [2.24, 2.45) is 0 Å². The van der Waals surface area contributed by atoms with Gasteiger partial charge in [0.15, 0.2) is 0 Å². The molecule has 0 aliphatic heterocycles. The Morgan fingerprint density at radius 2 is 2.32 bits per heavy atom. The second-order valence-electron chi connectivity index (χ2n) is 3.65. The largest absolute Gasteiger partial charge is 0.383 e. The molecule has 0 aliphatic rings. The average molecular weight is 366 g/mol. The molecule has 0 atom stereocenters. The molecule has 6 nitrogen and oxygen atoms in total. The summed E-state index contributed by atoms with van der Waals surface area (Å²) in [6.07, 6.45) is 3.09. The highest BCUT2D eigenvalue weighted by Crippen LogP contribution is 2.27. The van der Waals surface area contributed by atoms with Gasteiger partial charge in [0.25, 0.3) is 10.0 Å². The summed E-state index contributed by atoms with van der Waals surface area (Å²) in [5, 5.41) is 4.04. The number of nitrogens with one attached hydrogen (secondary N) is 1. The van der Waals surface area contributed by atoms with Crippen LogP contribution in [0, 0.1) is 0 Å². The molecule has 0 saturated heterocycles. The fourth-order valence-corrected chi connectivity index (χ4v) is 4.41. The molecule has 0 amide bonds. The third kappa shape index (κ3) is 3.78. The standard InChI is InChI=1S/C10H12BrN3O3S2/c1-17-5-4-14-7-8(6-12-14)13-19(15,16)10-3-2-9(11)18-10/h2-3,6-7,13H,4-5H2,1H3. The highest BCUT2D eigenvalue weighted by Gasteiger charge is 2.17. The fraction of sp³-hybridized carbons (Fsp3) is 0.300. The van der Waals surface area contributed by atoms with Gasteiger partial charge in [0.1, 0.15) is 4.21 Å². The van der Waals surface area contributed by atoms with Gasteiger partial charge < -0.3 is 4.74 Å². The Bertz CT molecular complexity index is 651. The SMILES string of the molecule is COCCn1cc(NS(=O)(=O)c2ccc(Br)s2)cn1. The first-order chi connectivity index (χ1) is 9.01. The van der Waals surface area contributed by atoms with Crippen molar-refractivity contribution < 1.29 is 13.2 Å². The van der Waals surface area contributed by atoms with Gasteiger partial charge >= 0.3 is 0 Å². The molecular weight excluding hydrogens is 354 g/mol. The third-order valence-electron chi connectivity index (χ3n) is 2.22. The van der Waals surface area contributed by atoms with E-state index in [1.807, 2.05) is 0 Å². The number of hydrogen-bond donors (Lipinski definition) is 1. The van der Waals surface area contributed by atoms with Crippen molar-refractivity contribution in [2.75, 3.05) is 18.4 Å². The molecule has 0 bridgehead atoms. The van der Waals surface area contributed by atoms with E-state index in [-0.39, 0.29) is 4.21 Å². The van der Waals surface area contributed by atoms with E-state index in [4.69, 9.17) is 4.74 Å². The summed E-state index contributed by atoms with van der Waals surface area (Å²) in [5.74, 6) is 0. The Morgan fingerprint density at radius 3 is 2.95 bits per heavy atom. The molecule has 9 heteroatoms. The molecule has 0 aromatic carbocycles.